The van der Waals surface area contributed by atoms with Gasteiger partial charge in [-0.15, -0.1) is 0 Å². The molecule has 0 heterocycles. The lowest BCUT2D eigenvalue weighted by molar-refractivity contribution is -0.384. The smallest absolute Gasteiger partial charge is 0.270 e. The third kappa shape index (κ3) is 4.08. The number of carbonyl (C=O) groups is 1. The number of non-ortho nitro benzene ring substituents is 1. The summed E-state index contributed by atoms with van der Waals surface area (Å²) < 4.78 is 0.507. The molecule has 1 rings (SSSR count). The number of benzene rings is 1. The van der Waals surface area contributed by atoms with Gasteiger partial charge >= 0.3 is 0 Å². The summed E-state index contributed by atoms with van der Waals surface area (Å²) in [5, 5.41) is 21.9. The summed E-state index contributed by atoms with van der Waals surface area (Å²) in [7, 11) is 0. The summed E-state index contributed by atoms with van der Waals surface area (Å²) >= 11 is 3.18. The SMILES string of the molecule is O=C(NCCCCO)c1cc([N+](=O)[O-])ccc1Br. The van der Waals surface area contributed by atoms with Crippen molar-refractivity contribution in [2.75, 3.05) is 13.2 Å². The molecule has 1 aromatic carbocycles. The van der Waals surface area contributed by atoms with Crippen molar-refractivity contribution in [3.05, 3.63) is 38.3 Å². The number of nitro benzene ring substituents is 1. The minimum absolute atomic E-state index is 0.0797. The van der Waals surface area contributed by atoms with Crippen LogP contribution in [0.1, 0.15) is 23.2 Å². The maximum Gasteiger partial charge on any atom is 0.270 e. The first-order valence-corrected chi connectivity index (χ1v) is 6.18. The van der Waals surface area contributed by atoms with Crippen LogP contribution in [0.3, 0.4) is 0 Å². The molecule has 7 heteroatoms. The zero-order valence-corrected chi connectivity index (χ0v) is 11.1. The fraction of sp³-hybridized carbons (Fsp3) is 0.364. The number of carbonyl (C=O) groups excluding carboxylic acids is 1. The predicted molar refractivity (Wildman–Crippen MR) is 69.4 cm³/mol. The molecule has 0 saturated carbocycles. The maximum atomic E-state index is 11.8. The summed E-state index contributed by atoms with van der Waals surface area (Å²) in [6.45, 7) is 0.505. The number of nitrogens with zero attached hydrogens (tertiary/aromatic N) is 1. The molecule has 1 aromatic rings. The van der Waals surface area contributed by atoms with Gasteiger partial charge in [-0.05, 0) is 34.8 Å². The molecule has 0 radical (unpaired) electrons. The highest BCUT2D eigenvalue weighted by atomic mass is 79.9. The van der Waals surface area contributed by atoms with E-state index in [4.69, 9.17) is 5.11 Å². The molecule has 0 unspecified atom stereocenters. The van der Waals surface area contributed by atoms with Crippen molar-refractivity contribution in [2.45, 2.75) is 12.8 Å². The van der Waals surface area contributed by atoms with Gasteiger partial charge in [-0.1, -0.05) is 0 Å². The molecule has 1 amide bonds. The van der Waals surface area contributed by atoms with Gasteiger partial charge in [0.25, 0.3) is 11.6 Å². The first-order chi connectivity index (χ1) is 8.56. The minimum atomic E-state index is -0.547. The van der Waals surface area contributed by atoms with Gasteiger partial charge in [0.05, 0.1) is 10.5 Å². The quantitative estimate of drug-likeness (QED) is 0.476. The average molecular weight is 317 g/mol. The molecule has 18 heavy (non-hydrogen) atoms. The maximum absolute atomic E-state index is 11.8. The van der Waals surface area contributed by atoms with Crippen LogP contribution in [0.25, 0.3) is 0 Å². The van der Waals surface area contributed by atoms with E-state index in [1.165, 1.54) is 18.2 Å². The fourth-order valence-electron chi connectivity index (χ4n) is 1.33. The summed E-state index contributed by atoms with van der Waals surface area (Å²) in [6, 6.07) is 4.03. The Morgan fingerprint density at radius 1 is 1.44 bits per heavy atom. The van der Waals surface area contributed by atoms with Gasteiger partial charge in [0.2, 0.25) is 0 Å². The normalized spacial score (nSPS) is 10.1. The van der Waals surface area contributed by atoms with Crippen LogP contribution in [0.2, 0.25) is 0 Å². The van der Waals surface area contributed by atoms with E-state index in [0.29, 0.717) is 23.9 Å². The van der Waals surface area contributed by atoms with Gasteiger partial charge in [-0.25, -0.2) is 0 Å². The van der Waals surface area contributed by atoms with E-state index in [1.54, 1.807) is 0 Å². The summed E-state index contributed by atoms with van der Waals surface area (Å²) in [5.41, 5.74) is 0.104. The second-order valence-corrected chi connectivity index (χ2v) is 4.46. The Kier molecular flexibility index (Phi) is 5.73. The highest BCUT2D eigenvalue weighted by Crippen LogP contribution is 2.22. The summed E-state index contributed by atoms with van der Waals surface area (Å²) in [4.78, 5) is 21.8. The monoisotopic (exact) mass is 316 g/mol. The topological polar surface area (TPSA) is 92.5 Å². The standard InChI is InChI=1S/C11H13BrN2O4/c12-10-4-3-8(14(17)18)7-9(10)11(16)13-5-1-2-6-15/h3-4,7,15H,1-2,5-6H2,(H,13,16). The number of aliphatic hydroxyl groups is 1. The molecule has 0 saturated heterocycles. The van der Waals surface area contributed by atoms with Gasteiger partial charge in [0.1, 0.15) is 0 Å². The van der Waals surface area contributed by atoms with Gasteiger partial charge < -0.3 is 10.4 Å². The number of amides is 1. The Hall–Kier alpha value is -1.47. The second kappa shape index (κ2) is 7.07. The molecule has 0 fully saturated rings. The third-order valence-corrected chi connectivity index (χ3v) is 2.97. The summed E-state index contributed by atoms with van der Waals surface area (Å²) in [5.74, 6) is -0.372. The molecule has 2 N–H and O–H groups in total. The average Bonchev–Trinajstić information content (AvgIpc) is 2.34. The van der Waals surface area contributed by atoms with E-state index in [9.17, 15) is 14.9 Å². The van der Waals surface area contributed by atoms with Gasteiger partial charge in [0, 0.05) is 29.8 Å². The van der Waals surface area contributed by atoms with E-state index >= 15 is 0 Å². The van der Waals surface area contributed by atoms with Crippen molar-refractivity contribution in [2.24, 2.45) is 0 Å². The van der Waals surface area contributed by atoms with Crippen molar-refractivity contribution in [1.82, 2.24) is 5.32 Å². The van der Waals surface area contributed by atoms with E-state index in [2.05, 4.69) is 21.2 Å². The lowest BCUT2D eigenvalue weighted by Gasteiger charge is -2.06. The Morgan fingerprint density at radius 2 is 2.17 bits per heavy atom. The van der Waals surface area contributed by atoms with Gasteiger partial charge in [-0.3, -0.25) is 14.9 Å². The number of hydrogen-bond acceptors (Lipinski definition) is 4. The van der Waals surface area contributed by atoms with E-state index in [0.717, 1.165) is 0 Å². The first kappa shape index (κ1) is 14.6. The fourth-order valence-corrected chi connectivity index (χ4v) is 1.76. The lowest BCUT2D eigenvalue weighted by atomic mass is 10.2. The van der Waals surface area contributed by atoms with Crippen molar-refractivity contribution in [1.29, 1.82) is 0 Å². The number of nitro groups is 1. The second-order valence-electron chi connectivity index (χ2n) is 3.61. The van der Waals surface area contributed by atoms with Crippen LogP contribution in [0.15, 0.2) is 22.7 Å². The van der Waals surface area contributed by atoms with Crippen molar-refractivity contribution < 1.29 is 14.8 Å². The highest BCUT2D eigenvalue weighted by Gasteiger charge is 2.14. The van der Waals surface area contributed by atoms with Crippen LogP contribution in [0.5, 0.6) is 0 Å². The molecule has 98 valence electrons. The zero-order chi connectivity index (χ0) is 13.5. The molecule has 0 aromatic heterocycles. The summed E-state index contributed by atoms with van der Waals surface area (Å²) in [6.07, 6.45) is 1.27. The predicted octanol–water partition coefficient (Wildman–Crippen LogP) is 1.86. The molecule has 0 aliphatic heterocycles. The number of nitrogens with one attached hydrogen (secondary N) is 1. The Bertz CT molecular complexity index is 451. The van der Waals surface area contributed by atoms with Crippen LogP contribution in [0.4, 0.5) is 5.69 Å². The first-order valence-electron chi connectivity index (χ1n) is 5.39. The van der Waals surface area contributed by atoms with E-state index in [-0.39, 0.29) is 23.8 Å². The van der Waals surface area contributed by atoms with Crippen molar-refractivity contribution in [3.8, 4) is 0 Å². The lowest BCUT2D eigenvalue weighted by Crippen LogP contribution is -2.25. The van der Waals surface area contributed by atoms with Crippen LogP contribution in [0, 0.1) is 10.1 Å². The molecular formula is C11H13BrN2O4. The van der Waals surface area contributed by atoms with Crippen LogP contribution in [-0.2, 0) is 0 Å². The Morgan fingerprint density at radius 3 is 2.78 bits per heavy atom. The van der Waals surface area contributed by atoms with Crippen molar-refractivity contribution >= 4 is 27.5 Å². The van der Waals surface area contributed by atoms with E-state index in [1.807, 2.05) is 0 Å². The Balaban J connectivity index is 2.72. The Labute approximate surface area is 112 Å². The third-order valence-electron chi connectivity index (χ3n) is 2.28. The van der Waals surface area contributed by atoms with Crippen LogP contribution in [-0.4, -0.2) is 29.1 Å². The molecular weight excluding hydrogens is 304 g/mol. The van der Waals surface area contributed by atoms with Crippen LogP contribution >= 0.6 is 15.9 Å². The molecule has 0 aliphatic rings. The number of aliphatic hydroxyl groups excluding tert-OH is 1. The number of hydrogen-bond donors (Lipinski definition) is 2. The van der Waals surface area contributed by atoms with Gasteiger partial charge in [-0.2, -0.15) is 0 Å². The van der Waals surface area contributed by atoms with Crippen LogP contribution < -0.4 is 5.32 Å². The largest absolute Gasteiger partial charge is 0.396 e. The van der Waals surface area contributed by atoms with Crippen molar-refractivity contribution in [3.63, 3.8) is 0 Å². The molecule has 0 aliphatic carbocycles. The molecule has 0 bridgehead atoms. The molecule has 6 nitrogen and oxygen atoms in total. The van der Waals surface area contributed by atoms with E-state index < -0.39 is 4.92 Å². The van der Waals surface area contributed by atoms with Gasteiger partial charge in [0.15, 0.2) is 0 Å². The minimum Gasteiger partial charge on any atom is -0.396 e. The highest BCUT2D eigenvalue weighted by molar-refractivity contribution is 9.10. The zero-order valence-electron chi connectivity index (χ0n) is 9.56. The molecule has 0 spiro atoms. The number of halogens is 1. The number of unbranched alkanes of at least 4 members (excludes halogenated alkanes) is 1. The molecule has 0 atom stereocenters. The number of rotatable bonds is 6.